The van der Waals surface area contributed by atoms with Gasteiger partial charge in [-0.2, -0.15) is 0 Å². The van der Waals surface area contributed by atoms with E-state index in [1.165, 1.54) is 6.92 Å². The first kappa shape index (κ1) is 30.5. The van der Waals surface area contributed by atoms with Gasteiger partial charge in [-0.15, -0.1) is 0 Å². The topological polar surface area (TPSA) is 284 Å². The summed E-state index contributed by atoms with van der Waals surface area (Å²) in [6, 6.07) is -4.72. The highest BCUT2D eigenvalue weighted by molar-refractivity contribution is 5.95. The number of guanidine groups is 1. The Hall–Kier alpha value is -3.46. The average molecular weight is 488 g/mol. The zero-order chi connectivity index (χ0) is 26.3. The molecule has 4 unspecified atom stereocenters. The minimum atomic E-state index is -1.44. The van der Waals surface area contributed by atoms with Gasteiger partial charge in [0.15, 0.2) is 5.96 Å². The Morgan fingerprint density at radius 2 is 1.47 bits per heavy atom. The molecule has 0 aliphatic carbocycles. The van der Waals surface area contributed by atoms with Crippen molar-refractivity contribution in [1.29, 1.82) is 0 Å². The summed E-state index contributed by atoms with van der Waals surface area (Å²) in [4.78, 5) is 63.8. The number of amides is 4. The molecule has 0 radical (unpaired) electrons. The average Bonchev–Trinajstić information content (AvgIpc) is 2.74. The van der Waals surface area contributed by atoms with Gasteiger partial charge < -0.3 is 49.7 Å². The highest BCUT2D eigenvalue weighted by atomic mass is 16.4. The van der Waals surface area contributed by atoms with Gasteiger partial charge in [0.05, 0.1) is 12.5 Å². The molecule has 34 heavy (non-hydrogen) atoms. The van der Waals surface area contributed by atoms with Gasteiger partial charge in [-0.3, -0.25) is 24.2 Å². The summed E-state index contributed by atoms with van der Waals surface area (Å²) < 4.78 is 0. The molecule has 0 saturated carbocycles. The summed E-state index contributed by atoms with van der Waals surface area (Å²) >= 11 is 0. The van der Waals surface area contributed by atoms with Gasteiger partial charge in [0.25, 0.3) is 0 Å². The molecule has 0 heterocycles. The molecule has 15 heteroatoms. The van der Waals surface area contributed by atoms with E-state index in [0.717, 1.165) is 0 Å². The number of carboxylic acids is 1. The lowest BCUT2D eigenvalue weighted by molar-refractivity contribution is -0.142. The van der Waals surface area contributed by atoms with Crippen LogP contribution >= 0.6 is 0 Å². The van der Waals surface area contributed by atoms with Crippen molar-refractivity contribution < 1.29 is 29.1 Å². The summed E-state index contributed by atoms with van der Waals surface area (Å²) in [5, 5.41) is 16.3. The van der Waals surface area contributed by atoms with Crippen molar-refractivity contribution in [1.82, 2.24) is 16.0 Å². The molecule has 0 aliphatic heterocycles. The van der Waals surface area contributed by atoms with Gasteiger partial charge >= 0.3 is 5.97 Å². The Labute approximate surface area is 197 Å². The zero-order valence-corrected chi connectivity index (χ0v) is 19.3. The molecule has 4 amide bonds. The summed E-state index contributed by atoms with van der Waals surface area (Å²) in [7, 11) is 0. The van der Waals surface area contributed by atoms with Gasteiger partial charge in [-0.05, 0) is 45.6 Å². The highest BCUT2D eigenvalue weighted by Gasteiger charge is 2.29. The molecule has 15 nitrogen and oxygen atoms in total. The van der Waals surface area contributed by atoms with Crippen LogP contribution in [0, 0.1) is 0 Å². The first-order valence-corrected chi connectivity index (χ1v) is 10.8. The molecule has 0 bridgehead atoms. The van der Waals surface area contributed by atoms with Crippen LogP contribution in [0.3, 0.4) is 0 Å². The molecule has 4 atom stereocenters. The van der Waals surface area contributed by atoms with Crippen LogP contribution in [0.1, 0.15) is 45.4 Å². The number of nitrogens with one attached hydrogen (secondary N) is 3. The third-order valence-electron chi connectivity index (χ3n) is 4.66. The summed E-state index contributed by atoms with van der Waals surface area (Å²) in [5.74, 6) is -4.56. The number of primary amides is 1. The maximum atomic E-state index is 12.6. The van der Waals surface area contributed by atoms with Crippen LogP contribution < -0.4 is 44.6 Å². The van der Waals surface area contributed by atoms with Crippen molar-refractivity contribution in [3.63, 3.8) is 0 Å². The van der Waals surface area contributed by atoms with E-state index < -0.39 is 60.2 Å². The van der Waals surface area contributed by atoms with E-state index in [-0.39, 0.29) is 25.3 Å². The van der Waals surface area contributed by atoms with Crippen molar-refractivity contribution in [2.75, 3.05) is 13.1 Å². The first-order valence-electron chi connectivity index (χ1n) is 10.8. The number of carboxylic acid groups (broad SMARTS) is 1. The van der Waals surface area contributed by atoms with Crippen LogP contribution in [0.5, 0.6) is 0 Å². The molecule has 0 aromatic heterocycles. The SMILES string of the molecule is CC(NC(=O)C(N)CCCN=C(N)N)C(=O)NC(CC(N)=O)C(=O)NC(CCCCN)C(=O)O. The predicted molar refractivity (Wildman–Crippen MR) is 124 cm³/mol. The lowest BCUT2D eigenvalue weighted by Gasteiger charge is -2.23. The largest absolute Gasteiger partial charge is 0.480 e. The third-order valence-corrected chi connectivity index (χ3v) is 4.66. The second-order valence-corrected chi connectivity index (χ2v) is 7.70. The van der Waals surface area contributed by atoms with E-state index in [4.69, 9.17) is 28.7 Å². The Morgan fingerprint density at radius 1 is 0.853 bits per heavy atom. The Morgan fingerprint density at radius 3 is 2.00 bits per heavy atom. The maximum Gasteiger partial charge on any atom is 0.326 e. The van der Waals surface area contributed by atoms with Gasteiger partial charge in [-0.1, -0.05) is 0 Å². The van der Waals surface area contributed by atoms with Crippen molar-refractivity contribution in [3.05, 3.63) is 0 Å². The monoisotopic (exact) mass is 487 g/mol. The second-order valence-electron chi connectivity index (χ2n) is 7.70. The van der Waals surface area contributed by atoms with Crippen molar-refractivity contribution >= 4 is 35.6 Å². The molecule has 0 spiro atoms. The number of nitrogens with two attached hydrogens (primary N) is 5. The summed E-state index contributed by atoms with van der Waals surface area (Å²) in [5.41, 5.74) is 26.8. The number of carbonyl (C=O) groups is 5. The van der Waals surface area contributed by atoms with Crippen molar-refractivity contribution in [2.45, 2.75) is 69.6 Å². The number of hydrogen-bond donors (Lipinski definition) is 9. The zero-order valence-electron chi connectivity index (χ0n) is 19.3. The molecule has 0 aromatic rings. The van der Waals surface area contributed by atoms with Gasteiger partial charge in [0.2, 0.25) is 23.6 Å². The van der Waals surface area contributed by atoms with Crippen LogP contribution in [0.15, 0.2) is 4.99 Å². The predicted octanol–water partition coefficient (Wildman–Crippen LogP) is -4.07. The van der Waals surface area contributed by atoms with Crippen molar-refractivity contribution in [2.24, 2.45) is 33.7 Å². The molecular weight excluding hydrogens is 450 g/mol. The van der Waals surface area contributed by atoms with Crippen molar-refractivity contribution in [3.8, 4) is 0 Å². The second kappa shape index (κ2) is 16.2. The minimum absolute atomic E-state index is 0.0805. The number of hydrogen-bond acceptors (Lipinski definition) is 8. The number of aliphatic imine (C=N–C) groups is 1. The molecule has 0 rings (SSSR count). The van der Waals surface area contributed by atoms with Crippen LogP contribution in [-0.4, -0.2) is 77.9 Å². The van der Waals surface area contributed by atoms with Crippen LogP contribution in [0.25, 0.3) is 0 Å². The highest BCUT2D eigenvalue weighted by Crippen LogP contribution is 2.03. The standard InChI is InChI=1S/C19H37N9O6/c1-10(26-16(31)11(21)5-4-8-25-19(23)24)15(30)28-13(9-14(22)29)17(32)27-12(18(33)34)6-2-3-7-20/h10-13H,2-9,20-21H2,1H3,(H2,22,29)(H,26,31)(H,27,32)(H,28,30)(H,33,34)(H4,23,24,25). The Balaban J connectivity index is 4.97. The smallest absolute Gasteiger partial charge is 0.326 e. The summed E-state index contributed by atoms with van der Waals surface area (Å²) in [6.07, 6.45) is 1.25. The molecule has 0 aromatic carbocycles. The molecule has 0 aliphatic rings. The molecule has 0 saturated heterocycles. The van der Waals surface area contributed by atoms with E-state index in [9.17, 15) is 29.1 Å². The Bertz CT molecular complexity index is 742. The van der Waals surface area contributed by atoms with Gasteiger partial charge in [0, 0.05) is 6.54 Å². The van der Waals surface area contributed by atoms with E-state index in [1.54, 1.807) is 0 Å². The maximum absolute atomic E-state index is 12.6. The first-order chi connectivity index (χ1) is 15.9. The third kappa shape index (κ3) is 13.2. The number of unbranched alkanes of at least 4 members (excludes halogenated alkanes) is 1. The fourth-order valence-electron chi connectivity index (χ4n) is 2.77. The quantitative estimate of drug-likeness (QED) is 0.0543. The lowest BCUT2D eigenvalue weighted by atomic mass is 10.1. The van der Waals surface area contributed by atoms with E-state index >= 15 is 0 Å². The molecule has 0 fully saturated rings. The van der Waals surface area contributed by atoms with Gasteiger partial charge in [0.1, 0.15) is 18.1 Å². The van der Waals surface area contributed by atoms with Crippen LogP contribution in [0.2, 0.25) is 0 Å². The van der Waals surface area contributed by atoms with E-state index in [2.05, 4.69) is 20.9 Å². The minimum Gasteiger partial charge on any atom is -0.480 e. The van der Waals surface area contributed by atoms with Gasteiger partial charge in [-0.25, -0.2) is 4.79 Å². The molecule has 194 valence electrons. The van der Waals surface area contributed by atoms with Crippen LogP contribution in [0.4, 0.5) is 0 Å². The number of aliphatic carboxylic acids is 1. The lowest BCUT2D eigenvalue weighted by Crippen LogP contribution is -2.57. The number of nitrogens with zero attached hydrogens (tertiary/aromatic N) is 1. The normalized spacial score (nSPS) is 14.1. The van der Waals surface area contributed by atoms with Crippen LogP contribution in [-0.2, 0) is 24.0 Å². The fourth-order valence-corrected chi connectivity index (χ4v) is 2.77. The van der Waals surface area contributed by atoms with E-state index in [0.29, 0.717) is 25.8 Å². The molecular formula is C19H37N9O6. The number of carbonyl (C=O) groups excluding carboxylic acids is 4. The Kier molecular flexibility index (Phi) is 14.6. The number of rotatable bonds is 17. The fraction of sp³-hybridized carbons (Fsp3) is 0.684. The molecule has 14 N–H and O–H groups in total. The summed E-state index contributed by atoms with van der Waals surface area (Å²) in [6.45, 7) is 2.00. The van der Waals surface area contributed by atoms with E-state index in [1.807, 2.05) is 0 Å².